The number of carbonyl (C=O) groups is 1. The first-order chi connectivity index (χ1) is 17.7. The normalized spacial score (nSPS) is 14.9. The van der Waals surface area contributed by atoms with E-state index in [-0.39, 0.29) is 19.0 Å². The zero-order valence-electron chi connectivity index (χ0n) is 22.8. The maximum atomic E-state index is 12.0. The number of hydrogen-bond donors (Lipinski definition) is 1. The molecule has 0 saturated carbocycles. The van der Waals surface area contributed by atoms with Crippen LogP contribution in [0, 0.1) is 23.2 Å². The lowest BCUT2D eigenvalue weighted by atomic mass is 9.97. The molecule has 2 unspecified atom stereocenters. The van der Waals surface area contributed by atoms with Crippen LogP contribution >= 0.6 is 0 Å². The monoisotopic (exact) mass is 506 g/mol. The number of esters is 1. The van der Waals surface area contributed by atoms with Gasteiger partial charge in [-0.25, -0.2) is 0 Å². The Bertz CT molecular complexity index is 1040. The van der Waals surface area contributed by atoms with Crippen molar-refractivity contribution in [2.75, 3.05) is 26.8 Å². The molecule has 2 aromatic rings. The van der Waals surface area contributed by atoms with Gasteiger partial charge in [0.1, 0.15) is 24.5 Å². The minimum Gasteiger partial charge on any atom is -0.489 e. The quantitative estimate of drug-likeness (QED) is 0.365. The van der Waals surface area contributed by atoms with Gasteiger partial charge >= 0.3 is 5.97 Å². The molecule has 1 aliphatic carbocycles. The molecule has 1 aliphatic rings. The van der Waals surface area contributed by atoms with E-state index in [4.69, 9.17) is 9.47 Å². The van der Waals surface area contributed by atoms with Gasteiger partial charge in [-0.1, -0.05) is 44.2 Å². The van der Waals surface area contributed by atoms with Crippen molar-refractivity contribution in [2.24, 2.45) is 11.8 Å². The predicted octanol–water partition coefficient (Wildman–Crippen LogP) is 4.95. The van der Waals surface area contributed by atoms with Gasteiger partial charge in [0.05, 0.1) is 12.2 Å². The molecule has 37 heavy (non-hydrogen) atoms. The molecule has 6 heteroatoms. The first-order valence-electron chi connectivity index (χ1n) is 13.5. The molecule has 2 atom stereocenters. The summed E-state index contributed by atoms with van der Waals surface area (Å²) in [6, 6.07) is 16.5. The summed E-state index contributed by atoms with van der Waals surface area (Å²) in [7, 11) is 2.04. The number of ether oxygens (including phenoxy) is 2. The smallest absolute Gasteiger partial charge is 0.306 e. The van der Waals surface area contributed by atoms with Crippen molar-refractivity contribution in [1.82, 2.24) is 4.90 Å². The van der Waals surface area contributed by atoms with Crippen LogP contribution in [-0.2, 0) is 28.8 Å². The van der Waals surface area contributed by atoms with Gasteiger partial charge in [-0.15, -0.1) is 0 Å². The van der Waals surface area contributed by atoms with Crippen molar-refractivity contribution in [3.63, 3.8) is 0 Å². The fraction of sp³-hybridized carbons (Fsp3) is 0.548. The highest BCUT2D eigenvalue weighted by Crippen LogP contribution is 2.30. The Balaban J connectivity index is 1.44. The summed E-state index contributed by atoms with van der Waals surface area (Å²) in [5.74, 6) is 1.35. The van der Waals surface area contributed by atoms with E-state index < -0.39 is 6.10 Å². The molecule has 0 heterocycles. The van der Waals surface area contributed by atoms with Crippen LogP contribution < -0.4 is 4.74 Å². The van der Waals surface area contributed by atoms with E-state index in [9.17, 15) is 15.2 Å². The average Bonchev–Trinajstić information content (AvgIpc) is 3.28. The van der Waals surface area contributed by atoms with Crippen molar-refractivity contribution in [1.29, 1.82) is 5.26 Å². The van der Waals surface area contributed by atoms with E-state index in [0.717, 1.165) is 31.2 Å². The molecular formula is C31H42N2O4. The van der Waals surface area contributed by atoms with Crippen LogP contribution in [0.1, 0.15) is 62.3 Å². The van der Waals surface area contributed by atoms with Crippen molar-refractivity contribution in [2.45, 2.75) is 71.4 Å². The SMILES string of the molecule is CC(C)CCOC(=O)CCc1ccc(C#N)c(OCC(O)CN(C)C(C)CC2Cc3ccccc3C2)c1. The number of likely N-dealkylation sites (N-methyl/N-ethyl adjacent to an activating group) is 1. The number of nitriles is 1. The fourth-order valence-electron chi connectivity index (χ4n) is 4.89. The average molecular weight is 507 g/mol. The molecular weight excluding hydrogens is 464 g/mol. The zero-order chi connectivity index (χ0) is 26.8. The van der Waals surface area contributed by atoms with E-state index in [1.54, 1.807) is 12.1 Å². The van der Waals surface area contributed by atoms with Crippen LogP contribution in [0.15, 0.2) is 42.5 Å². The summed E-state index contributed by atoms with van der Waals surface area (Å²) in [6.07, 6.45) is 4.30. The van der Waals surface area contributed by atoms with Crippen LogP contribution in [0.4, 0.5) is 0 Å². The fourth-order valence-corrected chi connectivity index (χ4v) is 4.89. The van der Waals surface area contributed by atoms with Crippen LogP contribution in [0.25, 0.3) is 0 Å². The lowest BCUT2D eigenvalue weighted by Gasteiger charge is -2.29. The van der Waals surface area contributed by atoms with Gasteiger partial charge in [-0.2, -0.15) is 5.26 Å². The topological polar surface area (TPSA) is 82.8 Å². The highest BCUT2D eigenvalue weighted by molar-refractivity contribution is 5.69. The van der Waals surface area contributed by atoms with Crippen molar-refractivity contribution >= 4 is 5.97 Å². The Morgan fingerprint density at radius 1 is 1.16 bits per heavy atom. The number of benzene rings is 2. The first-order valence-corrected chi connectivity index (χ1v) is 13.5. The third-order valence-electron chi connectivity index (χ3n) is 7.23. The van der Waals surface area contributed by atoms with Gasteiger partial charge in [0, 0.05) is 19.0 Å². The number of fused-ring (bicyclic) bond motifs is 1. The summed E-state index contributed by atoms with van der Waals surface area (Å²) < 4.78 is 11.2. The molecule has 200 valence electrons. The summed E-state index contributed by atoms with van der Waals surface area (Å²) in [6.45, 7) is 7.43. The largest absolute Gasteiger partial charge is 0.489 e. The van der Waals surface area contributed by atoms with E-state index in [1.807, 2.05) is 13.1 Å². The number of nitrogens with zero attached hydrogens (tertiary/aromatic N) is 2. The molecule has 0 radical (unpaired) electrons. The number of aliphatic hydroxyl groups excluding tert-OH is 1. The molecule has 2 aromatic carbocycles. The van der Waals surface area contributed by atoms with Crippen molar-refractivity contribution in [3.8, 4) is 11.8 Å². The minimum absolute atomic E-state index is 0.0985. The summed E-state index contributed by atoms with van der Waals surface area (Å²) >= 11 is 0. The second-order valence-electron chi connectivity index (χ2n) is 10.9. The third-order valence-corrected chi connectivity index (χ3v) is 7.23. The lowest BCUT2D eigenvalue weighted by molar-refractivity contribution is -0.143. The maximum absolute atomic E-state index is 12.0. The Morgan fingerprint density at radius 3 is 2.51 bits per heavy atom. The van der Waals surface area contributed by atoms with Gasteiger partial charge in [-0.05, 0) is 86.7 Å². The first kappa shape index (κ1) is 28.7. The summed E-state index contributed by atoms with van der Waals surface area (Å²) in [5.41, 5.74) is 4.24. The van der Waals surface area contributed by atoms with E-state index in [0.29, 0.717) is 48.8 Å². The molecule has 0 aliphatic heterocycles. The minimum atomic E-state index is -0.681. The summed E-state index contributed by atoms with van der Waals surface area (Å²) in [5, 5.41) is 20.1. The number of carbonyl (C=O) groups excluding carboxylic acids is 1. The lowest BCUT2D eigenvalue weighted by Crippen LogP contribution is -2.39. The Morgan fingerprint density at radius 2 is 1.86 bits per heavy atom. The van der Waals surface area contributed by atoms with Gasteiger partial charge < -0.3 is 19.5 Å². The molecule has 6 nitrogen and oxygen atoms in total. The standard InChI is InChI=1S/C31H42N2O4/c1-22(2)13-14-36-31(35)12-10-24-9-11-28(19-32)30(18-24)37-21-29(34)20-33(4)23(3)15-25-16-26-7-5-6-8-27(26)17-25/h5-9,11,18,22-23,25,29,34H,10,12-17,20-21H2,1-4H3. The summed E-state index contributed by atoms with van der Waals surface area (Å²) in [4.78, 5) is 14.2. The molecule has 0 fully saturated rings. The number of aryl methyl sites for hydroxylation is 1. The van der Waals surface area contributed by atoms with Crippen LogP contribution in [0.2, 0.25) is 0 Å². The Kier molecular flexibility index (Phi) is 11.0. The van der Waals surface area contributed by atoms with Crippen molar-refractivity contribution in [3.05, 3.63) is 64.7 Å². The van der Waals surface area contributed by atoms with Gasteiger partial charge in [0.2, 0.25) is 0 Å². The molecule has 0 amide bonds. The Hall–Kier alpha value is -2.88. The highest BCUT2D eigenvalue weighted by Gasteiger charge is 2.25. The van der Waals surface area contributed by atoms with Gasteiger partial charge in [0.25, 0.3) is 0 Å². The van der Waals surface area contributed by atoms with Crippen LogP contribution in [0.3, 0.4) is 0 Å². The van der Waals surface area contributed by atoms with Gasteiger partial charge in [0.15, 0.2) is 0 Å². The number of hydrogen-bond acceptors (Lipinski definition) is 6. The molecule has 3 rings (SSSR count). The molecule has 0 spiro atoms. The zero-order valence-corrected chi connectivity index (χ0v) is 22.8. The Labute approximate surface area is 222 Å². The second kappa shape index (κ2) is 14.2. The number of aliphatic hydroxyl groups is 1. The molecule has 0 bridgehead atoms. The molecule has 0 saturated heterocycles. The second-order valence-corrected chi connectivity index (χ2v) is 10.9. The van der Waals surface area contributed by atoms with E-state index >= 15 is 0 Å². The van der Waals surface area contributed by atoms with E-state index in [1.165, 1.54) is 11.1 Å². The number of rotatable bonds is 14. The van der Waals surface area contributed by atoms with Crippen molar-refractivity contribution < 1.29 is 19.4 Å². The molecule has 1 N–H and O–H groups in total. The predicted molar refractivity (Wildman–Crippen MR) is 145 cm³/mol. The van der Waals surface area contributed by atoms with Crippen LogP contribution in [0.5, 0.6) is 5.75 Å². The van der Waals surface area contributed by atoms with E-state index in [2.05, 4.69) is 56.0 Å². The third kappa shape index (κ3) is 9.18. The maximum Gasteiger partial charge on any atom is 0.306 e. The van der Waals surface area contributed by atoms with Crippen LogP contribution in [-0.4, -0.2) is 54.9 Å². The van der Waals surface area contributed by atoms with Gasteiger partial charge in [-0.3, -0.25) is 4.79 Å². The molecule has 0 aromatic heterocycles. The highest BCUT2D eigenvalue weighted by atomic mass is 16.5.